The number of anilines is 1. The van der Waals surface area contributed by atoms with Crippen molar-refractivity contribution in [2.75, 3.05) is 12.8 Å². The minimum Gasteiger partial charge on any atom is -0.494 e. The average molecular weight is 268 g/mol. The Kier molecular flexibility index (Phi) is 2.64. The molecule has 0 radical (unpaired) electrons. The molecule has 1 aromatic heterocycles. The first-order chi connectivity index (χ1) is 7.20. The number of benzene rings is 1. The summed E-state index contributed by atoms with van der Waals surface area (Å²) in [5.41, 5.74) is 7.19. The number of hydrogen-bond donors (Lipinski definition) is 1. The second kappa shape index (κ2) is 3.94. The van der Waals surface area contributed by atoms with E-state index < -0.39 is 0 Å². The summed E-state index contributed by atoms with van der Waals surface area (Å²) >= 11 is 3.34. The minimum atomic E-state index is 0.668. The third kappa shape index (κ3) is 1.97. The molecular formula is C10H10BrN3O. The highest BCUT2D eigenvalue weighted by molar-refractivity contribution is 9.10. The van der Waals surface area contributed by atoms with Gasteiger partial charge >= 0.3 is 0 Å². The maximum absolute atomic E-state index is 5.67. The van der Waals surface area contributed by atoms with Crippen molar-refractivity contribution in [2.45, 2.75) is 0 Å². The van der Waals surface area contributed by atoms with Crippen LogP contribution in [0, 0.1) is 0 Å². The van der Waals surface area contributed by atoms with E-state index in [1.165, 1.54) is 0 Å². The molecule has 0 saturated carbocycles. The van der Waals surface area contributed by atoms with Crippen LogP contribution in [0.5, 0.6) is 5.75 Å². The normalized spacial score (nSPS) is 10.3. The molecule has 0 bridgehead atoms. The number of ether oxygens (including phenoxy) is 1. The van der Waals surface area contributed by atoms with Crippen LogP contribution in [0.2, 0.25) is 0 Å². The minimum absolute atomic E-state index is 0.668. The Bertz CT molecular complexity index is 481. The van der Waals surface area contributed by atoms with Crippen molar-refractivity contribution in [1.82, 2.24) is 9.78 Å². The average Bonchev–Trinajstić information content (AvgIpc) is 2.64. The van der Waals surface area contributed by atoms with E-state index in [0.717, 1.165) is 10.2 Å². The third-order valence-corrected chi connectivity index (χ3v) is 2.41. The molecule has 0 saturated heterocycles. The van der Waals surface area contributed by atoms with Crippen LogP contribution in [-0.2, 0) is 0 Å². The molecule has 78 valence electrons. The lowest BCUT2D eigenvalue weighted by Gasteiger charge is -2.08. The molecule has 0 aliphatic heterocycles. The fourth-order valence-corrected chi connectivity index (χ4v) is 1.60. The quantitative estimate of drug-likeness (QED) is 0.850. The topological polar surface area (TPSA) is 53.1 Å². The molecule has 1 heterocycles. The molecule has 15 heavy (non-hydrogen) atoms. The maximum Gasteiger partial charge on any atom is 0.146 e. The summed E-state index contributed by atoms with van der Waals surface area (Å²) < 4.78 is 7.88. The zero-order valence-electron chi connectivity index (χ0n) is 8.14. The van der Waals surface area contributed by atoms with Crippen molar-refractivity contribution in [2.24, 2.45) is 0 Å². The first-order valence-electron chi connectivity index (χ1n) is 4.35. The molecule has 2 aromatic rings. The number of rotatable bonds is 2. The van der Waals surface area contributed by atoms with Gasteiger partial charge in [0.1, 0.15) is 11.4 Å². The van der Waals surface area contributed by atoms with Crippen LogP contribution in [0.3, 0.4) is 0 Å². The fourth-order valence-electron chi connectivity index (χ4n) is 1.32. The zero-order chi connectivity index (χ0) is 10.8. The molecule has 0 aliphatic rings. The van der Waals surface area contributed by atoms with Gasteiger partial charge in [0.2, 0.25) is 0 Å². The van der Waals surface area contributed by atoms with Crippen LogP contribution in [0.25, 0.3) is 5.69 Å². The van der Waals surface area contributed by atoms with Crippen molar-refractivity contribution in [3.05, 3.63) is 35.1 Å². The highest BCUT2D eigenvalue weighted by atomic mass is 79.9. The van der Waals surface area contributed by atoms with Gasteiger partial charge in [-0.1, -0.05) is 0 Å². The van der Waals surface area contributed by atoms with Gasteiger partial charge in [0.15, 0.2) is 0 Å². The van der Waals surface area contributed by atoms with Crippen molar-refractivity contribution in [3.63, 3.8) is 0 Å². The van der Waals surface area contributed by atoms with E-state index in [1.807, 2.05) is 18.3 Å². The van der Waals surface area contributed by atoms with Gasteiger partial charge in [0, 0.05) is 18.0 Å². The molecule has 0 aliphatic carbocycles. The lowest BCUT2D eigenvalue weighted by molar-refractivity contribution is 0.412. The molecule has 2 N–H and O–H groups in total. The second-order valence-corrected chi connectivity index (χ2v) is 3.95. The zero-order valence-corrected chi connectivity index (χ0v) is 9.73. The van der Waals surface area contributed by atoms with Gasteiger partial charge < -0.3 is 10.5 Å². The lowest BCUT2D eigenvalue weighted by Crippen LogP contribution is -1.99. The number of nitrogens with zero attached hydrogens (tertiary/aromatic N) is 2. The Morgan fingerprint density at radius 1 is 1.47 bits per heavy atom. The summed E-state index contributed by atoms with van der Waals surface area (Å²) in [4.78, 5) is 0. The molecule has 1 aromatic carbocycles. The Morgan fingerprint density at radius 2 is 2.27 bits per heavy atom. The van der Waals surface area contributed by atoms with Gasteiger partial charge in [-0.05, 0) is 28.1 Å². The highest BCUT2D eigenvalue weighted by Crippen LogP contribution is 2.25. The first kappa shape index (κ1) is 10.0. The fraction of sp³-hybridized carbons (Fsp3) is 0.100. The number of halogens is 1. The monoisotopic (exact) mass is 267 g/mol. The Morgan fingerprint density at radius 3 is 2.87 bits per heavy atom. The summed E-state index contributed by atoms with van der Waals surface area (Å²) in [6.45, 7) is 0. The van der Waals surface area contributed by atoms with E-state index in [2.05, 4.69) is 21.0 Å². The van der Waals surface area contributed by atoms with Crippen LogP contribution in [0.15, 0.2) is 35.1 Å². The first-order valence-corrected chi connectivity index (χ1v) is 5.14. The van der Waals surface area contributed by atoms with Crippen molar-refractivity contribution >= 4 is 21.6 Å². The SMILES string of the molecule is COc1cc(N)ccc1-n1cc(Br)cn1. The van der Waals surface area contributed by atoms with Gasteiger partial charge in [0.25, 0.3) is 0 Å². The lowest BCUT2D eigenvalue weighted by atomic mass is 10.2. The number of hydrogen-bond acceptors (Lipinski definition) is 3. The third-order valence-electron chi connectivity index (χ3n) is 2.00. The summed E-state index contributed by atoms with van der Waals surface area (Å²) in [5, 5.41) is 4.17. The Labute approximate surface area is 95.8 Å². The van der Waals surface area contributed by atoms with Crippen LogP contribution in [-0.4, -0.2) is 16.9 Å². The van der Waals surface area contributed by atoms with Gasteiger partial charge in [-0.3, -0.25) is 0 Å². The summed E-state index contributed by atoms with van der Waals surface area (Å²) in [6, 6.07) is 5.45. The second-order valence-electron chi connectivity index (χ2n) is 3.03. The van der Waals surface area contributed by atoms with Crippen molar-refractivity contribution in [3.8, 4) is 11.4 Å². The highest BCUT2D eigenvalue weighted by Gasteiger charge is 2.06. The molecule has 0 spiro atoms. The summed E-state index contributed by atoms with van der Waals surface area (Å²) in [6.07, 6.45) is 3.57. The molecule has 0 unspecified atom stereocenters. The number of aromatic nitrogens is 2. The van der Waals surface area contributed by atoms with Crippen LogP contribution < -0.4 is 10.5 Å². The van der Waals surface area contributed by atoms with Crippen LogP contribution >= 0.6 is 15.9 Å². The van der Waals surface area contributed by atoms with E-state index in [1.54, 1.807) is 24.1 Å². The van der Waals surface area contributed by atoms with E-state index >= 15 is 0 Å². The van der Waals surface area contributed by atoms with Gasteiger partial charge in [-0.25, -0.2) is 4.68 Å². The van der Waals surface area contributed by atoms with Crippen LogP contribution in [0.1, 0.15) is 0 Å². The molecule has 4 nitrogen and oxygen atoms in total. The van der Waals surface area contributed by atoms with E-state index in [4.69, 9.17) is 10.5 Å². The van der Waals surface area contributed by atoms with E-state index in [9.17, 15) is 0 Å². The number of nitrogens with two attached hydrogens (primary N) is 1. The Balaban J connectivity index is 2.52. The molecule has 2 rings (SSSR count). The molecule has 0 atom stereocenters. The molecule has 0 fully saturated rings. The molecule has 0 amide bonds. The van der Waals surface area contributed by atoms with Crippen LogP contribution in [0.4, 0.5) is 5.69 Å². The van der Waals surface area contributed by atoms with E-state index in [0.29, 0.717) is 11.4 Å². The van der Waals surface area contributed by atoms with Gasteiger partial charge in [-0.2, -0.15) is 5.10 Å². The molecule has 5 heteroatoms. The van der Waals surface area contributed by atoms with Gasteiger partial charge in [-0.15, -0.1) is 0 Å². The van der Waals surface area contributed by atoms with Crippen molar-refractivity contribution < 1.29 is 4.74 Å². The predicted octanol–water partition coefficient (Wildman–Crippen LogP) is 2.23. The maximum atomic E-state index is 5.67. The largest absolute Gasteiger partial charge is 0.494 e. The standard InChI is InChI=1S/C10H10BrN3O/c1-15-10-4-8(12)2-3-9(10)14-6-7(11)5-13-14/h2-6H,12H2,1H3. The smallest absolute Gasteiger partial charge is 0.146 e. The summed E-state index contributed by atoms with van der Waals surface area (Å²) in [7, 11) is 1.61. The Hall–Kier alpha value is -1.49. The predicted molar refractivity (Wildman–Crippen MR) is 62.2 cm³/mol. The summed E-state index contributed by atoms with van der Waals surface area (Å²) in [5.74, 6) is 0.700. The van der Waals surface area contributed by atoms with Gasteiger partial charge in [0.05, 0.1) is 17.8 Å². The van der Waals surface area contributed by atoms with Crippen molar-refractivity contribution in [1.29, 1.82) is 0 Å². The number of methoxy groups -OCH3 is 1. The number of nitrogen functional groups attached to an aromatic ring is 1. The van der Waals surface area contributed by atoms with E-state index in [-0.39, 0.29) is 0 Å². The molecular weight excluding hydrogens is 258 g/mol.